The van der Waals surface area contributed by atoms with Gasteiger partial charge in [-0.2, -0.15) is 12.6 Å². The van der Waals surface area contributed by atoms with Crippen molar-refractivity contribution in [2.24, 2.45) is 0 Å². The molecule has 0 aliphatic carbocycles. The van der Waals surface area contributed by atoms with Crippen molar-refractivity contribution < 1.29 is 4.39 Å². The number of nitrogens with zero attached hydrogens (tertiary/aromatic N) is 1. The van der Waals surface area contributed by atoms with Gasteiger partial charge >= 0.3 is 0 Å². The van der Waals surface area contributed by atoms with Crippen LogP contribution in [-0.4, -0.2) is 9.97 Å². The first-order valence-electron chi connectivity index (χ1n) is 4.21. The van der Waals surface area contributed by atoms with Crippen molar-refractivity contribution >= 4 is 12.6 Å². The molecular weight excluding hydrogens is 199 g/mol. The Kier molecular flexibility index (Phi) is 2.54. The lowest BCUT2D eigenvalue weighted by atomic mass is 10.1. The Morgan fingerprint density at radius 3 is 2.79 bits per heavy atom. The molecule has 0 fully saturated rings. The number of halogens is 1. The fourth-order valence-corrected chi connectivity index (χ4v) is 1.42. The summed E-state index contributed by atoms with van der Waals surface area (Å²) >= 11 is 4.07. The molecule has 0 atom stereocenters. The Labute approximate surface area is 86.6 Å². The number of thiol groups is 1. The predicted octanol–water partition coefficient (Wildman–Crippen LogP) is 2.65. The van der Waals surface area contributed by atoms with E-state index in [-0.39, 0.29) is 5.82 Å². The molecule has 14 heavy (non-hydrogen) atoms. The molecule has 1 N–H and O–H groups in total. The van der Waals surface area contributed by atoms with Gasteiger partial charge in [-0.15, -0.1) is 0 Å². The topological polar surface area (TPSA) is 28.7 Å². The van der Waals surface area contributed by atoms with E-state index in [0.29, 0.717) is 17.0 Å². The second kappa shape index (κ2) is 3.84. The van der Waals surface area contributed by atoms with Crippen molar-refractivity contribution in [3.63, 3.8) is 0 Å². The van der Waals surface area contributed by atoms with E-state index >= 15 is 0 Å². The SMILES string of the molecule is Fc1ccccc1-c1cnc(CS)[nH]1. The Balaban J connectivity index is 2.44. The van der Waals surface area contributed by atoms with E-state index in [1.54, 1.807) is 24.4 Å². The van der Waals surface area contributed by atoms with Gasteiger partial charge < -0.3 is 4.98 Å². The van der Waals surface area contributed by atoms with Gasteiger partial charge in [0.2, 0.25) is 0 Å². The van der Waals surface area contributed by atoms with Crippen LogP contribution in [0.5, 0.6) is 0 Å². The van der Waals surface area contributed by atoms with Crippen LogP contribution in [0.1, 0.15) is 5.82 Å². The van der Waals surface area contributed by atoms with Gasteiger partial charge in [-0.3, -0.25) is 0 Å². The van der Waals surface area contributed by atoms with E-state index < -0.39 is 0 Å². The maximum absolute atomic E-state index is 13.3. The van der Waals surface area contributed by atoms with Crippen LogP contribution < -0.4 is 0 Å². The van der Waals surface area contributed by atoms with E-state index in [1.807, 2.05) is 0 Å². The van der Waals surface area contributed by atoms with Crippen molar-refractivity contribution in [3.8, 4) is 11.3 Å². The highest BCUT2D eigenvalue weighted by Gasteiger charge is 2.06. The second-order valence-corrected chi connectivity index (χ2v) is 3.20. The molecule has 0 saturated heterocycles. The van der Waals surface area contributed by atoms with Crippen molar-refractivity contribution in [3.05, 3.63) is 42.1 Å². The molecule has 0 unspecified atom stereocenters. The van der Waals surface area contributed by atoms with Crippen molar-refractivity contribution in [2.45, 2.75) is 5.75 Å². The molecule has 0 bridgehead atoms. The van der Waals surface area contributed by atoms with Crippen LogP contribution in [0.2, 0.25) is 0 Å². The minimum atomic E-state index is -0.248. The molecule has 0 amide bonds. The van der Waals surface area contributed by atoms with E-state index in [2.05, 4.69) is 22.6 Å². The van der Waals surface area contributed by atoms with Gasteiger partial charge in [0.25, 0.3) is 0 Å². The third kappa shape index (κ3) is 1.65. The molecule has 1 aromatic carbocycles. The first-order valence-corrected chi connectivity index (χ1v) is 4.84. The van der Waals surface area contributed by atoms with Crippen LogP contribution in [0.15, 0.2) is 30.5 Å². The van der Waals surface area contributed by atoms with Gasteiger partial charge in [0, 0.05) is 11.3 Å². The lowest BCUT2D eigenvalue weighted by Gasteiger charge is -1.98. The van der Waals surface area contributed by atoms with Crippen LogP contribution in [0.25, 0.3) is 11.3 Å². The molecule has 1 heterocycles. The quantitative estimate of drug-likeness (QED) is 0.730. The first kappa shape index (κ1) is 9.27. The van der Waals surface area contributed by atoms with E-state index in [4.69, 9.17) is 0 Å². The maximum atomic E-state index is 13.3. The highest BCUT2D eigenvalue weighted by molar-refractivity contribution is 7.79. The summed E-state index contributed by atoms with van der Waals surface area (Å²) in [6.45, 7) is 0. The number of rotatable bonds is 2. The highest BCUT2D eigenvalue weighted by Crippen LogP contribution is 2.20. The van der Waals surface area contributed by atoms with Gasteiger partial charge in [-0.1, -0.05) is 12.1 Å². The summed E-state index contributed by atoms with van der Waals surface area (Å²) in [5, 5.41) is 0. The molecule has 0 radical (unpaired) electrons. The Hall–Kier alpha value is -1.29. The van der Waals surface area contributed by atoms with Crippen LogP contribution >= 0.6 is 12.6 Å². The minimum absolute atomic E-state index is 0.248. The molecule has 0 spiro atoms. The zero-order valence-electron chi connectivity index (χ0n) is 7.37. The number of hydrogen-bond acceptors (Lipinski definition) is 2. The van der Waals surface area contributed by atoms with E-state index in [1.165, 1.54) is 6.07 Å². The van der Waals surface area contributed by atoms with Crippen LogP contribution in [-0.2, 0) is 5.75 Å². The molecule has 0 aliphatic heterocycles. The van der Waals surface area contributed by atoms with Crippen LogP contribution in [0.4, 0.5) is 4.39 Å². The number of H-pyrrole nitrogens is 1. The fourth-order valence-electron chi connectivity index (χ4n) is 1.26. The summed E-state index contributed by atoms with van der Waals surface area (Å²) in [5.74, 6) is 1.02. The molecule has 2 nitrogen and oxygen atoms in total. The number of benzene rings is 1. The average Bonchev–Trinajstić information content (AvgIpc) is 2.67. The summed E-state index contributed by atoms with van der Waals surface area (Å²) in [4.78, 5) is 7.05. The van der Waals surface area contributed by atoms with E-state index in [0.717, 1.165) is 5.82 Å². The number of imidazole rings is 1. The molecule has 72 valence electrons. The highest BCUT2D eigenvalue weighted by atomic mass is 32.1. The summed E-state index contributed by atoms with van der Waals surface area (Å²) in [6, 6.07) is 6.59. The summed E-state index contributed by atoms with van der Waals surface area (Å²) in [7, 11) is 0. The van der Waals surface area contributed by atoms with Crippen molar-refractivity contribution in [1.82, 2.24) is 9.97 Å². The molecule has 4 heteroatoms. The molecule has 2 rings (SSSR count). The van der Waals surface area contributed by atoms with Crippen LogP contribution in [0, 0.1) is 5.82 Å². The minimum Gasteiger partial charge on any atom is -0.341 e. The normalized spacial score (nSPS) is 10.4. The third-order valence-corrected chi connectivity index (χ3v) is 2.24. The summed E-state index contributed by atoms with van der Waals surface area (Å²) < 4.78 is 13.3. The van der Waals surface area contributed by atoms with Gasteiger partial charge in [-0.25, -0.2) is 9.37 Å². The maximum Gasteiger partial charge on any atom is 0.132 e. The first-order chi connectivity index (χ1) is 6.81. The smallest absolute Gasteiger partial charge is 0.132 e. The van der Waals surface area contributed by atoms with Gasteiger partial charge in [-0.05, 0) is 12.1 Å². The zero-order chi connectivity index (χ0) is 9.97. The van der Waals surface area contributed by atoms with E-state index in [9.17, 15) is 4.39 Å². The largest absolute Gasteiger partial charge is 0.341 e. The number of aromatic nitrogens is 2. The Morgan fingerprint density at radius 2 is 2.14 bits per heavy atom. The van der Waals surface area contributed by atoms with Gasteiger partial charge in [0.1, 0.15) is 11.6 Å². The van der Waals surface area contributed by atoms with Crippen molar-refractivity contribution in [1.29, 1.82) is 0 Å². The summed E-state index contributed by atoms with van der Waals surface area (Å²) in [5.41, 5.74) is 1.22. The van der Waals surface area contributed by atoms with Crippen LogP contribution in [0.3, 0.4) is 0 Å². The molecular formula is C10H9FN2S. The number of aromatic amines is 1. The fraction of sp³-hybridized carbons (Fsp3) is 0.100. The van der Waals surface area contributed by atoms with Gasteiger partial charge in [0.05, 0.1) is 11.9 Å². The molecule has 2 aromatic rings. The zero-order valence-corrected chi connectivity index (χ0v) is 8.26. The van der Waals surface area contributed by atoms with Gasteiger partial charge in [0.15, 0.2) is 0 Å². The Bertz CT molecular complexity index is 439. The Morgan fingerprint density at radius 1 is 1.36 bits per heavy atom. The predicted molar refractivity (Wildman–Crippen MR) is 56.7 cm³/mol. The second-order valence-electron chi connectivity index (χ2n) is 2.88. The number of hydrogen-bond donors (Lipinski definition) is 2. The molecule has 0 saturated carbocycles. The monoisotopic (exact) mass is 208 g/mol. The summed E-state index contributed by atoms with van der Waals surface area (Å²) in [6.07, 6.45) is 1.62. The molecule has 1 aromatic heterocycles. The van der Waals surface area contributed by atoms with Crippen molar-refractivity contribution in [2.75, 3.05) is 0 Å². The number of nitrogens with one attached hydrogen (secondary N) is 1. The third-order valence-electron chi connectivity index (χ3n) is 1.94. The standard InChI is InChI=1S/C10H9FN2S/c11-8-4-2-1-3-7(8)9-5-12-10(6-14)13-9/h1-5,14H,6H2,(H,12,13). The average molecular weight is 208 g/mol. The lowest BCUT2D eigenvalue weighted by Crippen LogP contribution is -1.84. The molecule has 0 aliphatic rings. The lowest BCUT2D eigenvalue weighted by molar-refractivity contribution is 0.631.